The molecule has 4 rings (SSSR count). The topological polar surface area (TPSA) is 60.1 Å². The zero-order valence-electron chi connectivity index (χ0n) is 12.7. The van der Waals surface area contributed by atoms with Gasteiger partial charge < -0.3 is 9.73 Å². The lowest BCUT2D eigenvalue weighted by atomic mass is 10.2. The molecule has 0 spiro atoms. The number of rotatable bonds is 3. The molecule has 0 radical (unpaired) electrons. The van der Waals surface area contributed by atoms with Gasteiger partial charge in [0.2, 0.25) is 0 Å². The van der Waals surface area contributed by atoms with Crippen LogP contribution < -0.4 is 5.32 Å². The van der Waals surface area contributed by atoms with Gasteiger partial charge in [0.15, 0.2) is 11.6 Å². The van der Waals surface area contributed by atoms with Gasteiger partial charge in [-0.1, -0.05) is 12.1 Å². The summed E-state index contributed by atoms with van der Waals surface area (Å²) in [4.78, 5) is 12.4. The lowest BCUT2D eigenvalue weighted by Gasteiger charge is -2.07. The highest BCUT2D eigenvalue weighted by atomic mass is 79.9. The zero-order chi connectivity index (χ0) is 17.4. The van der Waals surface area contributed by atoms with Crippen LogP contribution in [-0.4, -0.2) is 15.7 Å². The van der Waals surface area contributed by atoms with Crippen LogP contribution in [0.1, 0.15) is 10.6 Å². The van der Waals surface area contributed by atoms with Gasteiger partial charge in [0.25, 0.3) is 5.91 Å². The minimum Gasteiger partial charge on any atom is -0.450 e. The summed E-state index contributed by atoms with van der Waals surface area (Å²) in [7, 11) is 0. The molecule has 7 heteroatoms. The lowest BCUT2D eigenvalue weighted by Crippen LogP contribution is -2.11. The number of hydrogen-bond acceptors (Lipinski definition) is 3. The summed E-state index contributed by atoms with van der Waals surface area (Å²) in [6.07, 6.45) is 3.21. The van der Waals surface area contributed by atoms with Crippen molar-refractivity contribution < 1.29 is 13.6 Å². The standard InChI is InChI=1S/C18H11BrFN3O2/c19-13-4-1-3-11-9-16(25-17(11)13)18(24)22-12-5-6-15(14(20)10-12)23-8-2-7-21-23/h1-10H,(H,22,24). The van der Waals surface area contributed by atoms with Crippen molar-refractivity contribution in [1.82, 2.24) is 9.78 Å². The van der Waals surface area contributed by atoms with Crippen LogP contribution in [0.25, 0.3) is 16.7 Å². The summed E-state index contributed by atoms with van der Waals surface area (Å²) in [5, 5.41) is 7.43. The fourth-order valence-corrected chi connectivity index (χ4v) is 2.98. The molecule has 124 valence electrons. The van der Waals surface area contributed by atoms with Crippen LogP contribution in [0.5, 0.6) is 0 Å². The lowest BCUT2D eigenvalue weighted by molar-refractivity contribution is 0.0998. The fraction of sp³-hybridized carbons (Fsp3) is 0. The normalized spacial score (nSPS) is 11.0. The molecule has 4 aromatic rings. The summed E-state index contributed by atoms with van der Waals surface area (Å²) in [6, 6.07) is 13.3. The van der Waals surface area contributed by atoms with Crippen LogP contribution in [0, 0.1) is 5.82 Å². The quantitative estimate of drug-likeness (QED) is 0.539. The molecule has 1 N–H and O–H groups in total. The molecule has 5 nitrogen and oxygen atoms in total. The molecule has 2 aromatic heterocycles. The van der Waals surface area contributed by atoms with Crippen molar-refractivity contribution in [3.63, 3.8) is 0 Å². The first-order chi connectivity index (χ1) is 12.1. The number of nitrogens with one attached hydrogen (secondary N) is 1. The molecule has 0 aliphatic carbocycles. The third-order valence-electron chi connectivity index (χ3n) is 3.68. The van der Waals surface area contributed by atoms with Crippen LogP contribution in [0.3, 0.4) is 0 Å². The van der Waals surface area contributed by atoms with Crippen molar-refractivity contribution in [2.24, 2.45) is 0 Å². The maximum absolute atomic E-state index is 14.2. The van der Waals surface area contributed by atoms with E-state index in [1.165, 1.54) is 10.7 Å². The summed E-state index contributed by atoms with van der Waals surface area (Å²) in [5.74, 6) is -0.790. The van der Waals surface area contributed by atoms with Crippen LogP contribution >= 0.6 is 15.9 Å². The number of nitrogens with zero attached hydrogens (tertiary/aromatic N) is 2. The Bertz CT molecular complexity index is 1070. The molecule has 2 heterocycles. The van der Waals surface area contributed by atoms with Crippen molar-refractivity contribution in [3.05, 3.63) is 77.0 Å². The predicted molar refractivity (Wildman–Crippen MR) is 95.4 cm³/mol. The van der Waals surface area contributed by atoms with E-state index in [4.69, 9.17) is 4.42 Å². The molecule has 25 heavy (non-hydrogen) atoms. The van der Waals surface area contributed by atoms with Crippen LogP contribution in [-0.2, 0) is 0 Å². The Morgan fingerprint density at radius 1 is 1.20 bits per heavy atom. The van der Waals surface area contributed by atoms with E-state index in [-0.39, 0.29) is 5.76 Å². The maximum atomic E-state index is 14.2. The van der Waals surface area contributed by atoms with Crippen LogP contribution in [0.15, 0.2) is 69.8 Å². The number of para-hydroxylation sites is 1. The number of aromatic nitrogens is 2. The number of halogens is 2. The highest BCUT2D eigenvalue weighted by molar-refractivity contribution is 9.10. The predicted octanol–water partition coefficient (Wildman–Crippen LogP) is 4.77. The number of carbonyl (C=O) groups excluding carboxylic acids is 1. The molecule has 0 unspecified atom stereocenters. The molecule has 0 saturated carbocycles. The van der Waals surface area contributed by atoms with E-state index in [9.17, 15) is 9.18 Å². The molecular weight excluding hydrogens is 389 g/mol. The molecule has 0 bridgehead atoms. The van der Waals surface area contributed by atoms with Gasteiger partial charge in [-0.25, -0.2) is 9.07 Å². The average Bonchev–Trinajstić information content (AvgIpc) is 3.25. The second kappa shape index (κ2) is 6.18. The number of furan rings is 1. The number of benzene rings is 2. The van der Waals surface area contributed by atoms with Gasteiger partial charge in [0.05, 0.1) is 4.47 Å². The van der Waals surface area contributed by atoms with Gasteiger partial charge in [0, 0.05) is 23.5 Å². The Balaban J connectivity index is 1.60. The smallest absolute Gasteiger partial charge is 0.291 e. The van der Waals surface area contributed by atoms with Crippen molar-refractivity contribution in [1.29, 1.82) is 0 Å². The number of carbonyl (C=O) groups is 1. The molecular formula is C18H11BrFN3O2. The largest absolute Gasteiger partial charge is 0.450 e. The van der Waals surface area contributed by atoms with Gasteiger partial charge in [0.1, 0.15) is 11.3 Å². The summed E-state index contributed by atoms with van der Waals surface area (Å²) in [6.45, 7) is 0. The molecule has 0 fully saturated rings. The van der Waals surface area contributed by atoms with E-state index >= 15 is 0 Å². The average molecular weight is 400 g/mol. The van der Waals surface area contributed by atoms with E-state index in [2.05, 4.69) is 26.3 Å². The third kappa shape index (κ3) is 2.94. The monoisotopic (exact) mass is 399 g/mol. The highest BCUT2D eigenvalue weighted by Crippen LogP contribution is 2.27. The van der Waals surface area contributed by atoms with Crippen molar-refractivity contribution in [3.8, 4) is 5.69 Å². The van der Waals surface area contributed by atoms with Gasteiger partial charge in [-0.2, -0.15) is 5.10 Å². The molecule has 2 aromatic carbocycles. The van der Waals surface area contributed by atoms with Gasteiger partial charge in [-0.05, 0) is 52.3 Å². The second-order valence-corrected chi connectivity index (χ2v) is 6.19. The van der Waals surface area contributed by atoms with Gasteiger partial charge in [-0.3, -0.25) is 4.79 Å². The number of anilines is 1. The molecule has 0 atom stereocenters. The van der Waals surface area contributed by atoms with Crippen molar-refractivity contribution in [2.45, 2.75) is 0 Å². The molecule has 0 aliphatic heterocycles. The number of hydrogen-bond donors (Lipinski definition) is 1. The van der Waals surface area contributed by atoms with Crippen molar-refractivity contribution in [2.75, 3.05) is 5.32 Å². The first kappa shape index (κ1) is 15.6. The van der Waals surface area contributed by atoms with Crippen LogP contribution in [0.4, 0.5) is 10.1 Å². The van der Waals surface area contributed by atoms with E-state index < -0.39 is 11.7 Å². The summed E-state index contributed by atoms with van der Waals surface area (Å²) in [5.41, 5.74) is 1.22. The fourth-order valence-electron chi connectivity index (χ4n) is 2.51. The summed E-state index contributed by atoms with van der Waals surface area (Å²) >= 11 is 3.38. The minimum atomic E-state index is -0.492. The molecule has 0 saturated heterocycles. The maximum Gasteiger partial charge on any atom is 0.291 e. The Labute approximate surface area is 150 Å². The molecule has 1 amide bonds. The minimum absolute atomic E-state index is 0.151. The Kier molecular flexibility index (Phi) is 3.85. The second-order valence-electron chi connectivity index (χ2n) is 5.34. The van der Waals surface area contributed by atoms with E-state index in [0.717, 1.165) is 9.86 Å². The van der Waals surface area contributed by atoms with Crippen molar-refractivity contribution >= 4 is 38.5 Å². The van der Waals surface area contributed by atoms with Gasteiger partial charge in [-0.15, -0.1) is 0 Å². The highest BCUT2D eigenvalue weighted by Gasteiger charge is 2.15. The Morgan fingerprint density at radius 3 is 2.80 bits per heavy atom. The third-order valence-corrected chi connectivity index (χ3v) is 4.30. The van der Waals surface area contributed by atoms with Crippen LogP contribution in [0.2, 0.25) is 0 Å². The van der Waals surface area contributed by atoms with E-state index in [0.29, 0.717) is 17.0 Å². The van der Waals surface area contributed by atoms with E-state index in [1.807, 2.05) is 18.2 Å². The summed E-state index contributed by atoms with van der Waals surface area (Å²) < 4.78 is 22.0. The van der Waals surface area contributed by atoms with Gasteiger partial charge >= 0.3 is 0 Å². The SMILES string of the molecule is O=C(Nc1ccc(-n2cccn2)c(F)c1)c1cc2cccc(Br)c2o1. The first-order valence-corrected chi connectivity index (χ1v) is 8.20. The molecule has 0 aliphatic rings. The number of amides is 1. The zero-order valence-corrected chi connectivity index (χ0v) is 14.3. The van der Waals surface area contributed by atoms with E-state index in [1.54, 1.807) is 36.7 Å². The number of fused-ring (bicyclic) bond motifs is 1. The Morgan fingerprint density at radius 2 is 2.08 bits per heavy atom. The first-order valence-electron chi connectivity index (χ1n) is 7.41. The Hall–Kier alpha value is -2.93.